The number of aromatic nitrogens is 2. The fourth-order valence-electron chi connectivity index (χ4n) is 1.30. The van der Waals surface area contributed by atoms with Gasteiger partial charge in [-0.25, -0.2) is 13.2 Å². The normalized spacial score (nSPS) is 13.4. The molecule has 0 unspecified atom stereocenters. The van der Waals surface area contributed by atoms with Crippen molar-refractivity contribution in [1.82, 2.24) is 14.7 Å². The second kappa shape index (κ2) is 5.36. The number of carbonyl (C=O) groups is 1. The van der Waals surface area contributed by atoms with Crippen molar-refractivity contribution >= 4 is 16.0 Å². The molecule has 0 aliphatic heterocycles. The number of sulfonamides is 1. The Labute approximate surface area is 107 Å². The van der Waals surface area contributed by atoms with E-state index < -0.39 is 44.1 Å². The lowest BCUT2D eigenvalue weighted by Crippen LogP contribution is -2.45. The van der Waals surface area contributed by atoms with Gasteiger partial charge >= 0.3 is 11.7 Å². The smallest absolute Gasteiger partial charge is 0.325 e. The molecule has 0 radical (unpaired) electrons. The van der Waals surface area contributed by atoms with Crippen molar-refractivity contribution in [3.8, 4) is 0 Å². The average molecular weight is 291 g/mol. The molecule has 106 valence electrons. The quantitative estimate of drug-likeness (QED) is 0.516. The minimum atomic E-state index is -4.34. The molecule has 1 aromatic rings. The van der Waals surface area contributed by atoms with Crippen LogP contribution in [0.2, 0.25) is 0 Å². The maximum atomic E-state index is 11.9. The van der Waals surface area contributed by atoms with Crippen LogP contribution in [0.4, 0.5) is 0 Å². The van der Waals surface area contributed by atoms with Crippen molar-refractivity contribution < 1.29 is 18.3 Å². The van der Waals surface area contributed by atoms with Crippen LogP contribution < -0.4 is 16.0 Å². The van der Waals surface area contributed by atoms with Crippen LogP contribution in [0.3, 0.4) is 0 Å². The number of rotatable bonds is 5. The zero-order valence-electron chi connectivity index (χ0n) is 10.1. The van der Waals surface area contributed by atoms with E-state index in [-0.39, 0.29) is 0 Å². The molecule has 0 amide bonds. The van der Waals surface area contributed by atoms with E-state index in [1.165, 1.54) is 13.8 Å². The summed E-state index contributed by atoms with van der Waals surface area (Å²) in [7, 11) is -4.34. The highest BCUT2D eigenvalue weighted by Gasteiger charge is 2.29. The Balaban J connectivity index is 3.21. The first-order valence-electron chi connectivity index (χ1n) is 5.22. The van der Waals surface area contributed by atoms with Crippen LogP contribution in [0, 0.1) is 5.92 Å². The summed E-state index contributed by atoms with van der Waals surface area (Å²) in [6, 6.07) is -1.38. The molecular weight excluding hydrogens is 278 g/mol. The molecule has 19 heavy (non-hydrogen) atoms. The monoisotopic (exact) mass is 291 g/mol. The van der Waals surface area contributed by atoms with Gasteiger partial charge < -0.3 is 10.1 Å². The SMILES string of the molecule is CC(C)[C@H](NS(=O)(=O)c1c[nH]c(=O)[nH]c1=O)C(=O)O. The predicted molar refractivity (Wildman–Crippen MR) is 64.3 cm³/mol. The van der Waals surface area contributed by atoms with Gasteiger partial charge in [-0.1, -0.05) is 13.8 Å². The Morgan fingerprint density at radius 1 is 1.37 bits per heavy atom. The van der Waals surface area contributed by atoms with E-state index in [2.05, 4.69) is 0 Å². The van der Waals surface area contributed by atoms with Gasteiger partial charge in [0.2, 0.25) is 10.0 Å². The minimum Gasteiger partial charge on any atom is -0.480 e. The molecule has 1 atom stereocenters. The van der Waals surface area contributed by atoms with Gasteiger partial charge in [0.15, 0.2) is 4.90 Å². The molecule has 1 aromatic heterocycles. The standard InChI is InChI=1S/C9H13N3O6S/c1-4(2)6(8(14)15)12-19(17,18)5-3-10-9(16)11-7(5)13/h3-4,6,12H,1-2H3,(H,14,15)(H2,10,11,13,16)/t6-/m0/s1. The van der Waals surface area contributed by atoms with Crippen LogP contribution >= 0.6 is 0 Å². The van der Waals surface area contributed by atoms with E-state index in [0.29, 0.717) is 6.20 Å². The maximum absolute atomic E-state index is 11.9. The van der Waals surface area contributed by atoms with Crippen molar-refractivity contribution in [3.05, 3.63) is 27.0 Å². The zero-order chi connectivity index (χ0) is 14.8. The highest BCUT2D eigenvalue weighted by atomic mass is 32.2. The first-order valence-corrected chi connectivity index (χ1v) is 6.70. The lowest BCUT2D eigenvalue weighted by molar-refractivity contribution is -0.140. The van der Waals surface area contributed by atoms with Crippen LogP contribution in [0.5, 0.6) is 0 Å². The molecule has 4 N–H and O–H groups in total. The summed E-state index contributed by atoms with van der Waals surface area (Å²) in [4.78, 5) is 36.1. The van der Waals surface area contributed by atoms with Crippen LogP contribution in [0.25, 0.3) is 0 Å². The number of H-pyrrole nitrogens is 2. The van der Waals surface area contributed by atoms with Gasteiger partial charge in [0, 0.05) is 6.20 Å². The molecule has 0 spiro atoms. The number of carboxylic acid groups (broad SMARTS) is 1. The molecule has 0 aromatic carbocycles. The number of hydrogen-bond donors (Lipinski definition) is 4. The Bertz CT molecular complexity index is 686. The van der Waals surface area contributed by atoms with Gasteiger partial charge in [0.1, 0.15) is 6.04 Å². The van der Waals surface area contributed by atoms with E-state index in [4.69, 9.17) is 5.11 Å². The number of carboxylic acids is 1. The number of hydrogen-bond acceptors (Lipinski definition) is 5. The van der Waals surface area contributed by atoms with E-state index >= 15 is 0 Å². The van der Waals surface area contributed by atoms with Crippen molar-refractivity contribution in [2.24, 2.45) is 5.92 Å². The molecule has 0 aliphatic rings. The van der Waals surface area contributed by atoms with Crippen molar-refractivity contribution in [3.63, 3.8) is 0 Å². The van der Waals surface area contributed by atoms with Crippen LogP contribution in [-0.2, 0) is 14.8 Å². The fourth-order valence-corrected chi connectivity index (χ4v) is 2.64. The molecule has 0 aliphatic carbocycles. The molecule has 1 heterocycles. The maximum Gasteiger partial charge on any atom is 0.325 e. The van der Waals surface area contributed by atoms with Gasteiger partial charge in [0.25, 0.3) is 5.56 Å². The Kier molecular flexibility index (Phi) is 4.27. The van der Waals surface area contributed by atoms with E-state index in [1.54, 1.807) is 4.98 Å². The van der Waals surface area contributed by atoms with Crippen molar-refractivity contribution in [1.29, 1.82) is 0 Å². The van der Waals surface area contributed by atoms with Crippen molar-refractivity contribution in [2.75, 3.05) is 0 Å². The van der Waals surface area contributed by atoms with Gasteiger partial charge in [-0.15, -0.1) is 0 Å². The van der Waals surface area contributed by atoms with Gasteiger partial charge in [-0.2, -0.15) is 4.72 Å². The second-order valence-electron chi connectivity index (χ2n) is 4.12. The summed E-state index contributed by atoms with van der Waals surface area (Å²) in [5.74, 6) is -1.88. The average Bonchev–Trinajstić information content (AvgIpc) is 2.24. The third kappa shape index (κ3) is 3.51. The lowest BCUT2D eigenvalue weighted by Gasteiger charge is -2.17. The first kappa shape index (κ1) is 15.1. The zero-order valence-corrected chi connectivity index (χ0v) is 10.9. The van der Waals surface area contributed by atoms with Crippen molar-refractivity contribution in [2.45, 2.75) is 24.8 Å². The van der Waals surface area contributed by atoms with E-state index in [0.717, 1.165) is 0 Å². The lowest BCUT2D eigenvalue weighted by atomic mass is 10.1. The molecule has 0 bridgehead atoms. The third-order valence-corrected chi connectivity index (χ3v) is 3.74. The molecule has 0 fully saturated rings. The molecule has 9 nitrogen and oxygen atoms in total. The second-order valence-corrected chi connectivity index (χ2v) is 5.80. The van der Waals surface area contributed by atoms with E-state index in [1.807, 2.05) is 9.71 Å². The summed E-state index contributed by atoms with van der Waals surface area (Å²) >= 11 is 0. The van der Waals surface area contributed by atoms with Crippen LogP contribution in [0.15, 0.2) is 20.7 Å². The van der Waals surface area contributed by atoms with Gasteiger partial charge in [-0.3, -0.25) is 14.6 Å². The largest absolute Gasteiger partial charge is 0.480 e. The highest BCUT2D eigenvalue weighted by molar-refractivity contribution is 7.89. The number of nitrogens with one attached hydrogen (secondary N) is 3. The molecule has 10 heteroatoms. The molecular formula is C9H13N3O6S. The Morgan fingerprint density at radius 2 is 1.95 bits per heavy atom. The van der Waals surface area contributed by atoms with Gasteiger partial charge in [0.05, 0.1) is 0 Å². The molecule has 0 saturated carbocycles. The fraction of sp³-hybridized carbons (Fsp3) is 0.444. The third-order valence-electron chi connectivity index (χ3n) is 2.29. The number of aliphatic carboxylic acids is 1. The first-order chi connectivity index (χ1) is 8.65. The summed E-state index contributed by atoms with van der Waals surface area (Å²) in [6.07, 6.45) is 0.711. The Morgan fingerprint density at radius 3 is 2.37 bits per heavy atom. The molecule has 0 saturated heterocycles. The van der Waals surface area contributed by atoms with Crippen LogP contribution in [-0.4, -0.2) is 35.5 Å². The highest BCUT2D eigenvalue weighted by Crippen LogP contribution is 2.07. The van der Waals surface area contributed by atoms with Crippen LogP contribution in [0.1, 0.15) is 13.8 Å². The van der Waals surface area contributed by atoms with Gasteiger partial charge in [-0.05, 0) is 5.92 Å². The molecule has 1 rings (SSSR count). The minimum absolute atomic E-state index is 0.519. The summed E-state index contributed by atoms with van der Waals surface area (Å²) in [5.41, 5.74) is -1.98. The number of aromatic amines is 2. The van der Waals surface area contributed by atoms with E-state index in [9.17, 15) is 22.8 Å². The summed E-state index contributed by atoms with van der Waals surface area (Å²) in [5, 5.41) is 8.90. The topological polar surface area (TPSA) is 149 Å². The summed E-state index contributed by atoms with van der Waals surface area (Å²) in [6.45, 7) is 3.02. The summed E-state index contributed by atoms with van der Waals surface area (Å²) < 4.78 is 25.6. The Hall–Kier alpha value is -1.94. The predicted octanol–water partition coefficient (Wildman–Crippen LogP) is -1.55.